The van der Waals surface area contributed by atoms with Crippen molar-refractivity contribution in [1.82, 2.24) is 4.98 Å². The average molecular weight is 450 g/mol. The highest BCUT2D eigenvalue weighted by Crippen LogP contribution is 2.34. The monoisotopic (exact) mass is 449 g/mol. The SMILES string of the molecule is Cc1cc(COC(CCC2CCCCC2)c2cncs2)ccc1-c1cccc(C(=O)O)c1. The third kappa shape index (κ3) is 5.84. The summed E-state index contributed by atoms with van der Waals surface area (Å²) in [6.45, 7) is 2.62. The van der Waals surface area contributed by atoms with E-state index < -0.39 is 5.97 Å². The molecule has 32 heavy (non-hydrogen) atoms. The molecule has 1 heterocycles. The van der Waals surface area contributed by atoms with Gasteiger partial charge in [0.25, 0.3) is 0 Å². The zero-order valence-corrected chi connectivity index (χ0v) is 19.4. The minimum atomic E-state index is -0.906. The molecular weight excluding hydrogens is 418 g/mol. The van der Waals surface area contributed by atoms with E-state index in [9.17, 15) is 9.90 Å². The summed E-state index contributed by atoms with van der Waals surface area (Å²) in [5, 5.41) is 9.28. The molecule has 1 aliphatic rings. The normalized spacial score (nSPS) is 15.5. The second-order valence-corrected chi connectivity index (χ2v) is 9.74. The molecule has 0 spiro atoms. The molecule has 5 heteroatoms. The van der Waals surface area contributed by atoms with Gasteiger partial charge in [0.15, 0.2) is 0 Å². The predicted molar refractivity (Wildman–Crippen MR) is 129 cm³/mol. The molecule has 0 amide bonds. The molecule has 2 aromatic carbocycles. The third-order valence-corrected chi connectivity index (χ3v) is 7.36. The summed E-state index contributed by atoms with van der Waals surface area (Å²) < 4.78 is 6.41. The Bertz CT molecular complexity index is 1030. The van der Waals surface area contributed by atoms with E-state index in [1.54, 1.807) is 29.5 Å². The van der Waals surface area contributed by atoms with E-state index in [2.05, 4.69) is 30.1 Å². The Hall–Kier alpha value is -2.50. The second-order valence-electron chi connectivity index (χ2n) is 8.82. The summed E-state index contributed by atoms with van der Waals surface area (Å²) in [5.41, 5.74) is 6.41. The van der Waals surface area contributed by atoms with E-state index in [4.69, 9.17) is 4.74 Å². The lowest BCUT2D eigenvalue weighted by atomic mass is 9.85. The highest BCUT2D eigenvalue weighted by atomic mass is 32.1. The molecule has 0 bridgehead atoms. The van der Waals surface area contributed by atoms with Crippen LogP contribution in [0.5, 0.6) is 0 Å². The largest absolute Gasteiger partial charge is 0.478 e. The molecule has 1 aliphatic carbocycles. The van der Waals surface area contributed by atoms with Gasteiger partial charge in [-0.2, -0.15) is 0 Å². The van der Waals surface area contributed by atoms with Crippen molar-refractivity contribution in [3.8, 4) is 11.1 Å². The van der Waals surface area contributed by atoms with Gasteiger partial charge in [-0.15, -0.1) is 11.3 Å². The lowest BCUT2D eigenvalue weighted by Gasteiger charge is -2.24. The Morgan fingerprint density at radius 2 is 2.03 bits per heavy atom. The van der Waals surface area contributed by atoms with Crippen LogP contribution in [0.1, 0.15) is 77.4 Å². The first-order valence-electron chi connectivity index (χ1n) is 11.5. The van der Waals surface area contributed by atoms with Gasteiger partial charge in [-0.25, -0.2) is 4.79 Å². The molecule has 0 saturated heterocycles. The minimum Gasteiger partial charge on any atom is -0.478 e. The van der Waals surface area contributed by atoms with Crippen LogP contribution in [0.15, 0.2) is 54.2 Å². The summed E-state index contributed by atoms with van der Waals surface area (Å²) in [6.07, 6.45) is 11.2. The number of rotatable bonds is 9. The number of aryl methyl sites for hydroxylation is 1. The van der Waals surface area contributed by atoms with E-state index in [-0.39, 0.29) is 6.10 Å². The van der Waals surface area contributed by atoms with Crippen LogP contribution < -0.4 is 0 Å². The van der Waals surface area contributed by atoms with Crippen molar-refractivity contribution in [2.45, 2.75) is 64.6 Å². The summed E-state index contributed by atoms with van der Waals surface area (Å²) in [5.74, 6) is -0.0669. The molecule has 1 N–H and O–H groups in total. The van der Waals surface area contributed by atoms with E-state index in [1.807, 2.05) is 17.8 Å². The number of ether oxygens (including phenoxy) is 1. The zero-order valence-electron chi connectivity index (χ0n) is 18.6. The maximum Gasteiger partial charge on any atom is 0.335 e. The summed E-state index contributed by atoms with van der Waals surface area (Å²) in [6, 6.07) is 13.4. The van der Waals surface area contributed by atoms with Crippen LogP contribution in [0.2, 0.25) is 0 Å². The van der Waals surface area contributed by atoms with Gasteiger partial charge in [0.05, 0.1) is 28.7 Å². The van der Waals surface area contributed by atoms with Gasteiger partial charge >= 0.3 is 5.97 Å². The molecule has 168 valence electrons. The van der Waals surface area contributed by atoms with Crippen molar-refractivity contribution in [2.24, 2.45) is 5.92 Å². The first kappa shape index (κ1) is 22.7. The average Bonchev–Trinajstić information content (AvgIpc) is 3.35. The van der Waals surface area contributed by atoms with E-state index in [1.165, 1.54) is 43.4 Å². The molecule has 4 rings (SSSR count). The fourth-order valence-electron chi connectivity index (χ4n) is 4.71. The number of nitrogens with zero attached hydrogens (tertiary/aromatic N) is 1. The second kappa shape index (κ2) is 10.9. The van der Waals surface area contributed by atoms with Gasteiger partial charge in [-0.1, -0.05) is 62.4 Å². The van der Waals surface area contributed by atoms with Gasteiger partial charge in [0.1, 0.15) is 0 Å². The van der Waals surface area contributed by atoms with Crippen LogP contribution in [-0.4, -0.2) is 16.1 Å². The smallest absolute Gasteiger partial charge is 0.335 e. The van der Waals surface area contributed by atoms with Crippen LogP contribution in [0.25, 0.3) is 11.1 Å². The lowest BCUT2D eigenvalue weighted by molar-refractivity contribution is 0.0306. The van der Waals surface area contributed by atoms with Crippen LogP contribution in [0, 0.1) is 12.8 Å². The predicted octanol–water partition coefficient (Wildman–Crippen LogP) is 7.44. The maximum absolute atomic E-state index is 11.3. The molecule has 1 saturated carbocycles. The molecule has 1 unspecified atom stereocenters. The Morgan fingerprint density at radius 1 is 1.19 bits per heavy atom. The van der Waals surface area contributed by atoms with Crippen LogP contribution in [0.3, 0.4) is 0 Å². The van der Waals surface area contributed by atoms with Crippen molar-refractivity contribution >= 4 is 17.3 Å². The molecule has 0 aliphatic heterocycles. The fourth-order valence-corrected chi connectivity index (χ4v) is 5.41. The first-order chi connectivity index (χ1) is 15.6. The minimum absolute atomic E-state index is 0.0941. The number of aromatic carboxylic acids is 1. The van der Waals surface area contributed by atoms with E-state index >= 15 is 0 Å². The molecule has 1 fully saturated rings. The number of carboxylic acid groups (broad SMARTS) is 1. The van der Waals surface area contributed by atoms with Crippen LogP contribution in [-0.2, 0) is 11.3 Å². The summed E-state index contributed by atoms with van der Waals surface area (Å²) >= 11 is 1.68. The molecule has 1 atom stereocenters. The number of carbonyl (C=O) groups is 1. The van der Waals surface area contributed by atoms with E-state index in [0.29, 0.717) is 12.2 Å². The van der Waals surface area contributed by atoms with Gasteiger partial charge in [0.2, 0.25) is 0 Å². The van der Waals surface area contributed by atoms with Crippen molar-refractivity contribution in [2.75, 3.05) is 0 Å². The van der Waals surface area contributed by atoms with Gasteiger partial charge in [-0.3, -0.25) is 4.98 Å². The highest BCUT2D eigenvalue weighted by molar-refractivity contribution is 7.09. The van der Waals surface area contributed by atoms with E-state index in [0.717, 1.165) is 34.6 Å². The maximum atomic E-state index is 11.3. The van der Waals surface area contributed by atoms with Crippen molar-refractivity contribution in [3.05, 3.63) is 75.7 Å². The van der Waals surface area contributed by atoms with Crippen molar-refractivity contribution in [1.29, 1.82) is 0 Å². The zero-order chi connectivity index (χ0) is 22.3. The number of thiazole rings is 1. The molecule has 0 radical (unpaired) electrons. The number of hydrogen-bond acceptors (Lipinski definition) is 4. The van der Waals surface area contributed by atoms with Crippen molar-refractivity contribution in [3.63, 3.8) is 0 Å². The molecule has 1 aromatic heterocycles. The Labute approximate surface area is 194 Å². The molecule has 3 aromatic rings. The standard InChI is InChI=1S/C27H31NO3S/c1-19-14-21(10-12-24(19)22-8-5-9-23(15-22)27(29)30)17-31-25(26-16-28-18-32-26)13-11-20-6-3-2-4-7-20/h5,8-10,12,14-16,18,20,25H,2-4,6-7,11,13,17H2,1H3,(H,29,30). The van der Waals surface area contributed by atoms with Crippen LogP contribution >= 0.6 is 11.3 Å². The lowest BCUT2D eigenvalue weighted by Crippen LogP contribution is -2.10. The van der Waals surface area contributed by atoms with Gasteiger partial charge in [-0.05, 0) is 60.1 Å². The number of hydrogen-bond donors (Lipinski definition) is 1. The number of benzene rings is 2. The Balaban J connectivity index is 1.42. The van der Waals surface area contributed by atoms with Gasteiger partial charge < -0.3 is 9.84 Å². The Morgan fingerprint density at radius 3 is 2.75 bits per heavy atom. The number of aromatic nitrogens is 1. The molecular formula is C27H31NO3S. The highest BCUT2D eigenvalue weighted by Gasteiger charge is 2.19. The topological polar surface area (TPSA) is 59.4 Å². The summed E-state index contributed by atoms with van der Waals surface area (Å²) in [7, 11) is 0. The first-order valence-corrected chi connectivity index (χ1v) is 12.4. The Kier molecular flexibility index (Phi) is 7.72. The number of carboxylic acids is 1. The fraction of sp³-hybridized carbons (Fsp3) is 0.407. The summed E-state index contributed by atoms with van der Waals surface area (Å²) in [4.78, 5) is 16.8. The quantitative estimate of drug-likeness (QED) is 0.369. The van der Waals surface area contributed by atoms with Crippen LogP contribution in [0.4, 0.5) is 0 Å². The van der Waals surface area contributed by atoms with Crippen molar-refractivity contribution < 1.29 is 14.6 Å². The third-order valence-electron chi connectivity index (χ3n) is 6.49. The molecule has 4 nitrogen and oxygen atoms in total. The van der Waals surface area contributed by atoms with Gasteiger partial charge in [0, 0.05) is 6.20 Å².